The summed E-state index contributed by atoms with van der Waals surface area (Å²) in [5.41, 5.74) is 0.387. The van der Waals surface area contributed by atoms with Gasteiger partial charge in [-0.2, -0.15) is 0 Å². The maximum absolute atomic E-state index is 11.2. The maximum atomic E-state index is 11.2. The van der Waals surface area contributed by atoms with Gasteiger partial charge in [-0.25, -0.2) is 14.5 Å². The average Bonchev–Trinajstić information content (AvgIpc) is 2.67. The lowest BCUT2D eigenvalue weighted by molar-refractivity contribution is 0.249. The zero-order valence-electron chi connectivity index (χ0n) is 8.66. The van der Waals surface area contributed by atoms with Gasteiger partial charge in [-0.05, 0) is 24.3 Å². The Morgan fingerprint density at radius 3 is 2.29 bits per heavy atom. The number of azo groups is 1. The number of benzene rings is 1. The molecule has 0 aliphatic carbocycles. The van der Waals surface area contributed by atoms with E-state index in [2.05, 4.69) is 16.1 Å². The minimum Gasteiger partial charge on any atom is -0.481 e. The van der Waals surface area contributed by atoms with Gasteiger partial charge in [0.2, 0.25) is 0 Å². The summed E-state index contributed by atoms with van der Waals surface area (Å²) in [6, 6.07) is 4.91. The monoisotopic (exact) mass is 229 g/mol. The van der Waals surface area contributed by atoms with E-state index in [-0.39, 0.29) is 6.61 Å². The number of anilines is 1. The van der Waals surface area contributed by atoms with Gasteiger partial charge >= 0.3 is 12.1 Å². The number of nitrogens with zero attached hydrogens (tertiary/aromatic N) is 3. The van der Waals surface area contributed by atoms with E-state index in [0.29, 0.717) is 11.4 Å². The normalized spacial score (nSPS) is 13.9. The number of hydrogen-bond donors (Lipinski definition) is 0. The number of terminal acetylenes is 1. The van der Waals surface area contributed by atoms with Crippen molar-refractivity contribution in [2.45, 2.75) is 0 Å². The van der Waals surface area contributed by atoms with E-state index in [4.69, 9.17) is 11.2 Å². The van der Waals surface area contributed by atoms with Crippen molar-refractivity contribution >= 4 is 17.7 Å². The predicted molar refractivity (Wildman–Crippen MR) is 58.9 cm³/mol. The van der Waals surface area contributed by atoms with Crippen LogP contribution >= 0.6 is 0 Å². The fraction of sp³-hybridized carbons (Fsp3) is 0.0909. The third-order valence-corrected chi connectivity index (χ3v) is 2.02. The average molecular weight is 229 g/mol. The molecule has 0 atom stereocenters. The summed E-state index contributed by atoms with van der Waals surface area (Å²) in [6.07, 6.45) is 5.04. The van der Waals surface area contributed by atoms with Crippen molar-refractivity contribution in [3.8, 4) is 18.1 Å². The predicted octanol–water partition coefficient (Wildman–Crippen LogP) is 2.21. The van der Waals surface area contributed by atoms with E-state index in [1.165, 1.54) is 0 Å². The molecule has 1 aromatic rings. The van der Waals surface area contributed by atoms with Crippen molar-refractivity contribution in [1.82, 2.24) is 0 Å². The second-order valence-corrected chi connectivity index (χ2v) is 3.09. The first kappa shape index (κ1) is 10.8. The fourth-order valence-corrected chi connectivity index (χ4v) is 1.29. The third kappa shape index (κ3) is 2.13. The van der Waals surface area contributed by atoms with E-state index < -0.39 is 12.1 Å². The van der Waals surface area contributed by atoms with Gasteiger partial charge in [-0.3, -0.25) is 0 Å². The molecule has 0 aromatic heterocycles. The quantitative estimate of drug-likeness (QED) is 0.746. The first-order valence-corrected chi connectivity index (χ1v) is 4.68. The highest BCUT2D eigenvalue weighted by Gasteiger charge is 2.28. The number of amides is 4. The van der Waals surface area contributed by atoms with Crippen molar-refractivity contribution in [2.75, 3.05) is 11.5 Å². The smallest absolute Gasteiger partial charge is 0.375 e. The molecule has 4 amide bonds. The molecule has 1 aromatic carbocycles. The summed E-state index contributed by atoms with van der Waals surface area (Å²) < 4.78 is 5.16. The zero-order chi connectivity index (χ0) is 12.3. The van der Waals surface area contributed by atoms with Gasteiger partial charge in [0.15, 0.2) is 0 Å². The van der Waals surface area contributed by atoms with Crippen LogP contribution in [-0.2, 0) is 0 Å². The van der Waals surface area contributed by atoms with E-state index >= 15 is 0 Å². The number of urea groups is 2. The van der Waals surface area contributed by atoms with Gasteiger partial charge in [0.25, 0.3) is 0 Å². The number of carbonyl (C=O) groups excluding carboxylic acids is 2. The number of carbonyl (C=O) groups is 2. The SMILES string of the molecule is C#CCOc1ccc(N2C(=O)N=NC2=O)cc1. The number of ether oxygens (including phenoxy) is 1. The molecular formula is C11H7N3O3. The van der Waals surface area contributed by atoms with Crippen LogP contribution in [0.5, 0.6) is 5.75 Å². The van der Waals surface area contributed by atoms with Crippen molar-refractivity contribution in [3.63, 3.8) is 0 Å². The lowest BCUT2D eigenvalue weighted by Crippen LogP contribution is -2.27. The second kappa shape index (κ2) is 4.45. The molecule has 6 nitrogen and oxygen atoms in total. The number of hydrogen-bond acceptors (Lipinski definition) is 3. The molecular weight excluding hydrogens is 222 g/mol. The number of rotatable bonds is 3. The van der Waals surface area contributed by atoms with Crippen molar-refractivity contribution in [3.05, 3.63) is 24.3 Å². The Morgan fingerprint density at radius 1 is 1.18 bits per heavy atom. The largest absolute Gasteiger partial charge is 0.481 e. The summed E-state index contributed by atoms with van der Waals surface area (Å²) in [4.78, 5) is 23.3. The molecule has 1 aliphatic rings. The molecule has 0 fully saturated rings. The summed E-state index contributed by atoms with van der Waals surface area (Å²) in [7, 11) is 0. The lowest BCUT2D eigenvalue weighted by Gasteiger charge is -2.10. The molecule has 1 heterocycles. The Morgan fingerprint density at radius 2 is 1.76 bits per heavy atom. The Kier molecular flexibility index (Phi) is 2.83. The number of imide groups is 1. The molecule has 6 heteroatoms. The standard InChI is InChI=1S/C11H7N3O3/c1-2-7-17-9-5-3-8(4-6-9)14-10(15)12-13-11(14)16/h1,3-6H,7H2. The molecule has 0 spiro atoms. The lowest BCUT2D eigenvalue weighted by atomic mass is 10.3. The molecule has 0 bridgehead atoms. The summed E-state index contributed by atoms with van der Waals surface area (Å²) in [5.74, 6) is 2.88. The van der Waals surface area contributed by atoms with Gasteiger partial charge < -0.3 is 4.74 Å². The van der Waals surface area contributed by atoms with Crippen LogP contribution in [0.4, 0.5) is 15.3 Å². The van der Waals surface area contributed by atoms with Gasteiger partial charge in [-0.1, -0.05) is 16.1 Å². The third-order valence-electron chi connectivity index (χ3n) is 2.02. The highest BCUT2D eigenvalue weighted by molar-refractivity contribution is 6.17. The van der Waals surface area contributed by atoms with Crippen LogP contribution in [0.15, 0.2) is 34.5 Å². The molecule has 0 N–H and O–H groups in total. The maximum Gasteiger partial charge on any atom is 0.375 e. The molecule has 0 radical (unpaired) electrons. The van der Waals surface area contributed by atoms with Crippen LogP contribution in [0, 0.1) is 12.3 Å². The highest BCUT2D eigenvalue weighted by atomic mass is 16.5. The van der Waals surface area contributed by atoms with E-state index in [1.54, 1.807) is 24.3 Å². The van der Waals surface area contributed by atoms with Crippen molar-refractivity contribution in [1.29, 1.82) is 0 Å². The highest BCUT2D eigenvalue weighted by Crippen LogP contribution is 2.23. The molecule has 0 saturated heterocycles. The van der Waals surface area contributed by atoms with E-state index in [0.717, 1.165) is 4.90 Å². The van der Waals surface area contributed by atoms with E-state index in [9.17, 15) is 9.59 Å². The molecule has 2 rings (SSSR count). The van der Waals surface area contributed by atoms with Gasteiger partial charge in [0, 0.05) is 0 Å². The summed E-state index contributed by atoms with van der Waals surface area (Å²) >= 11 is 0. The van der Waals surface area contributed by atoms with Crippen LogP contribution in [0.25, 0.3) is 0 Å². The van der Waals surface area contributed by atoms with Gasteiger partial charge in [0.05, 0.1) is 5.69 Å². The van der Waals surface area contributed by atoms with Crippen LogP contribution in [0.3, 0.4) is 0 Å². The van der Waals surface area contributed by atoms with Gasteiger partial charge in [-0.15, -0.1) is 6.42 Å². The molecule has 17 heavy (non-hydrogen) atoms. The minimum atomic E-state index is -0.702. The molecule has 0 saturated carbocycles. The Balaban J connectivity index is 2.16. The molecule has 1 aliphatic heterocycles. The summed E-state index contributed by atoms with van der Waals surface area (Å²) in [5, 5.41) is 6.30. The fourth-order valence-electron chi connectivity index (χ4n) is 1.29. The Labute approximate surface area is 96.9 Å². The Bertz CT molecular complexity index is 510. The van der Waals surface area contributed by atoms with Gasteiger partial charge in [0.1, 0.15) is 12.4 Å². The first-order chi connectivity index (χ1) is 8.22. The van der Waals surface area contributed by atoms with Crippen LogP contribution in [0.1, 0.15) is 0 Å². The summed E-state index contributed by atoms with van der Waals surface area (Å²) in [6.45, 7) is 0.158. The van der Waals surface area contributed by atoms with Crippen molar-refractivity contribution in [2.24, 2.45) is 10.2 Å². The van der Waals surface area contributed by atoms with Crippen LogP contribution < -0.4 is 9.64 Å². The van der Waals surface area contributed by atoms with Crippen LogP contribution in [0.2, 0.25) is 0 Å². The molecule has 0 unspecified atom stereocenters. The molecule has 84 valence electrons. The zero-order valence-corrected chi connectivity index (χ0v) is 8.66. The first-order valence-electron chi connectivity index (χ1n) is 4.68. The minimum absolute atomic E-state index is 0.158. The topological polar surface area (TPSA) is 71.3 Å². The van der Waals surface area contributed by atoms with Crippen molar-refractivity contribution < 1.29 is 14.3 Å². The van der Waals surface area contributed by atoms with Crippen LogP contribution in [-0.4, -0.2) is 18.7 Å². The second-order valence-electron chi connectivity index (χ2n) is 3.09. The Hall–Kier alpha value is -2.68. The van der Waals surface area contributed by atoms with E-state index in [1.807, 2.05) is 0 Å².